The summed E-state index contributed by atoms with van der Waals surface area (Å²) in [6, 6.07) is 6.06. The van der Waals surface area contributed by atoms with Crippen LogP contribution in [0, 0.1) is 0 Å². The number of oxime groups is 1. The van der Waals surface area contributed by atoms with Gasteiger partial charge in [-0.25, -0.2) is 0 Å². The van der Waals surface area contributed by atoms with Gasteiger partial charge in [0.1, 0.15) is 5.84 Å². The third kappa shape index (κ3) is 4.27. The van der Waals surface area contributed by atoms with E-state index in [0.29, 0.717) is 17.5 Å². The molecule has 0 bridgehead atoms. The molecular weight excluding hydrogens is 285 g/mol. The molecule has 6 heteroatoms. The summed E-state index contributed by atoms with van der Waals surface area (Å²) < 4.78 is 0. The lowest BCUT2D eigenvalue weighted by Gasteiger charge is -2.22. The molecule has 0 unspecified atom stereocenters. The van der Waals surface area contributed by atoms with E-state index in [2.05, 4.69) is 10.1 Å². The molecule has 0 radical (unpaired) electrons. The molecule has 0 spiro atoms. The summed E-state index contributed by atoms with van der Waals surface area (Å²) in [5.41, 5.74) is 6.53. The van der Waals surface area contributed by atoms with Crippen molar-refractivity contribution in [1.29, 1.82) is 0 Å². The lowest BCUT2D eigenvalue weighted by atomic mass is 10.2. The van der Waals surface area contributed by atoms with Gasteiger partial charge in [0.2, 0.25) is 0 Å². The zero-order valence-corrected chi connectivity index (χ0v) is 12.0. The second kappa shape index (κ2) is 6.46. The minimum Gasteiger partial charge on any atom is -0.409 e. The van der Waals surface area contributed by atoms with Gasteiger partial charge in [0.25, 0.3) is 0 Å². The van der Waals surface area contributed by atoms with Crippen LogP contribution in [-0.2, 0) is 6.54 Å². The highest BCUT2D eigenvalue weighted by atomic mass is 35.5. The molecule has 1 aliphatic carbocycles. The molecule has 1 aliphatic rings. The molecule has 0 amide bonds. The van der Waals surface area contributed by atoms with Gasteiger partial charge in [0.15, 0.2) is 0 Å². The van der Waals surface area contributed by atoms with Crippen molar-refractivity contribution >= 4 is 29.0 Å². The molecule has 0 atom stereocenters. The number of hydrogen-bond donors (Lipinski definition) is 2. The van der Waals surface area contributed by atoms with E-state index in [1.807, 2.05) is 12.1 Å². The third-order valence-corrected chi connectivity index (χ3v) is 3.83. The second-order valence-corrected chi connectivity index (χ2v) is 5.62. The summed E-state index contributed by atoms with van der Waals surface area (Å²) >= 11 is 12.2. The summed E-state index contributed by atoms with van der Waals surface area (Å²) in [7, 11) is 0. The molecule has 4 nitrogen and oxygen atoms in total. The molecule has 0 aromatic heterocycles. The van der Waals surface area contributed by atoms with Gasteiger partial charge in [0, 0.05) is 35.6 Å². The van der Waals surface area contributed by atoms with Crippen molar-refractivity contribution in [3.8, 4) is 0 Å². The highest BCUT2D eigenvalue weighted by Gasteiger charge is 2.29. The van der Waals surface area contributed by atoms with Crippen molar-refractivity contribution in [2.24, 2.45) is 10.9 Å². The van der Waals surface area contributed by atoms with Crippen LogP contribution in [0.2, 0.25) is 10.0 Å². The van der Waals surface area contributed by atoms with Crippen LogP contribution in [0.3, 0.4) is 0 Å². The summed E-state index contributed by atoms with van der Waals surface area (Å²) in [6.45, 7) is 1.49. The topological polar surface area (TPSA) is 61.8 Å². The molecule has 19 heavy (non-hydrogen) atoms. The van der Waals surface area contributed by atoms with Gasteiger partial charge in [-0.1, -0.05) is 28.4 Å². The van der Waals surface area contributed by atoms with Crippen molar-refractivity contribution in [3.05, 3.63) is 33.8 Å². The van der Waals surface area contributed by atoms with Crippen molar-refractivity contribution in [3.63, 3.8) is 0 Å². The molecule has 0 heterocycles. The van der Waals surface area contributed by atoms with Crippen molar-refractivity contribution in [2.45, 2.75) is 31.8 Å². The Labute approximate surface area is 122 Å². The molecule has 104 valence electrons. The Hall–Kier alpha value is -0.970. The first kappa shape index (κ1) is 14.4. The Morgan fingerprint density at radius 3 is 2.79 bits per heavy atom. The predicted molar refractivity (Wildman–Crippen MR) is 77.9 cm³/mol. The fourth-order valence-electron chi connectivity index (χ4n) is 2.02. The molecule has 1 aromatic rings. The van der Waals surface area contributed by atoms with Gasteiger partial charge in [-0.15, -0.1) is 0 Å². The summed E-state index contributed by atoms with van der Waals surface area (Å²) in [5.74, 6) is 0.253. The van der Waals surface area contributed by atoms with Crippen LogP contribution >= 0.6 is 23.2 Å². The summed E-state index contributed by atoms with van der Waals surface area (Å²) in [4.78, 5) is 2.30. The highest BCUT2D eigenvalue weighted by Crippen LogP contribution is 2.30. The molecule has 1 saturated carbocycles. The van der Waals surface area contributed by atoms with Crippen LogP contribution in [0.15, 0.2) is 23.4 Å². The van der Waals surface area contributed by atoms with E-state index in [1.165, 1.54) is 12.8 Å². The van der Waals surface area contributed by atoms with Crippen LogP contribution in [-0.4, -0.2) is 28.5 Å². The number of benzene rings is 1. The van der Waals surface area contributed by atoms with Crippen molar-refractivity contribution in [2.75, 3.05) is 6.54 Å². The largest absolute Gasteiger partial charge is 0.409 e. The molecule has 3 N–H and O–H groups in total. The first-order valence-electron chi connectivity index (χ1n) is 6.24. The minimum atomic E-state index is 0.253. The van der Waals surface area contributed by atoms with Crippen LogP contribution in [0.4, 0.5) is 0 Å². The van der Waals surface area contributed by atoms with Gasteiger partial charge in [-0.05, 0) is 36.6 Å². The van der Waals surface area contributed by atoms with Gasteiger partial charge in [-0.3, -0.25) is 4.90 Å². The van der Waals surface area contributed by atoms with Crippen molar-refractivity contribution in [1.82, 2.24) is 4.90 Å². The standard InChI is InChI=1S/C13H17Cl2N3O/c14-10-1-4-12(15)9(7-10)8-18(11-2-3-11)6-5-13(16)17-19/h1,4,7,11,19H,2-3,5-6,8H2,(H2,16,17). The lowest BCUT2D eigenvalue weighted by Crippen LogP contribution is -2.30. The Balaban J connectivity index is 2.02. The minimum absolute atomic E-state index is 0.253. The smallest absolute Gasteiger partial charge is 0.140 e. The molecule has 2 rings (SSSR count). The maximum Gasteiger partial charge on any atom is 0.140 e. The fourth-order valence-corrected chi connectivity index (χ4v) is 2.39. The third-order valence-electron chi connectivity index (χ3n) is 3.23. The van der Waals surface area contributed by atoms with Gasteiger partial charge < -0.3 is 10.9 Å². The van der Waals surface area contributed by atoms with E-state index in [4.69, 9.17) is 34.1 Å². The van der Waals surface area contributed by atoms with Gasteiger partial charge in [-0.2, -0.15) is 0 Å². The van der Waals surface area contributed by atoms with Gasteiger partial charge >= 0.3 is 0 Å². The van der Waals surface area contributed by atoms with E-state index in [1.54, 1.807) is 6.07 Å². The maximum atomic E-state index is 8.58. The van der Waals surface area contributed by atoms with Crippen LogP contribution in [0.5, 0.6) is 0 Å². The Morgan fingerprint density at radius 2 is 2.16 bits per heavy atom. The number of hydrogen-bond acceptors (Lipinski definition) is 3. The van der Waals surface area contributed by atoms with Crippen LogP contribution in [0.25, 0.3) is 0 Å². The normalized spacial score (nSPS) is 16.1. The van der Waals surface area contributed by atoms with Crippen molar-refractivity contribution < 1.29 is 5.21 Å². The predicted octanol–water partition coefficient (Wildman–Crippen LogP) is 3.09. The highest BCUT2D eigenvalue weighted by molar-refractivity contribution is 6.33. The number of nitrogens with zero attached hydrogens (tertiary/aromatic N) is 2. The number of rotatable bonds is 6. The van der Waals surface area contributed by atoms with E-state index in [0.717, 1.165) is 23.7 Å². The Bertz CT molecular complexity index is 475. The molecule has 1 fully saturated rings. The molecule has 1 aromatic carbocycles. The summed E-state index contributed by atoms with van der Waals surface area (Å²) in [5, 5.41) is 13.0. The Kier molecular flexibility index (Phi) is 4.91. The van der Waals surface area contributed by atoms with E-state index in [-0.39, 0.29) is 5.84 Å². The quantitative estimate of drug-likeness (QED) is 0.367. The monoisotopic (exact) mass is 301 g/mol. The average molecular weight is 302 g/mol. The maximum absolute atomic E-state index is 8.58. The van der Waals surface area contributed by atoms with Crippen LogP contribution < -0.4 is 5.73 Å². The summed E-state index contributed by atoms with van der Waals surface area (Å²) in [6.07, 6.45) is 2.92. The zero-order valence-electron chi connectivity index (χ0n) is 10.5. The number of nitrogens with two attached hydrogens (primary N) is 1. The second-order valence-electron chi connectivity index (χ2n) is 4.78. The van der Waals surface area contributed by atoms with E-state index < -0.39 is 0 Å². The van der Waals surface area contributed by atoms with Gasteiger partial charge in [0.05, 0.1) is 0 Å². The number of halogens is 2. The molecule has 0 saturated heterocycles. The molecule has 0 aliphatic heterocycles. The molecular formula is C13H17Cl2N3O. The first-order valence-corrected chi connectivity index (χ1v) is 7.00. The van der Waals surface area contributed by atoms with Crippen LogP contribution in [0.1, 0.15) is 24.8 Å². The average Bonchev–Trinajstić information content (AvgIpc) is 3.22. The number of amidine groups is 1. The SMILES string of the molecule is NC(CCN(Cc1cc(Cl)ccc1Cl)C1CC1)=NO. The van der Waals surface area contributed by atoms with E-state index >= 15 is 0 Å². The van der Waals surface area contributed by atoms with E-state index in [9.17, 15) is 0 Å². The fraction of sp³-hybridized carbons (Fsp3) is 0.462. The Morgan fingerprint density at radius 1 is 1.42 bits per heavy atom. The first-order chi connectivity index (χ1) is 9.10. The lowest BCUT2D eigenvalue weighted by molar-refractivity contribution is 0.259. The zero-order chi connectivity index (χ0) is 13.8.